The van der Waals surface area contributed by atoms with Crippen molar-refractivity contribution in [1.29, 1.82) is 0 Å². The molecule has 3 rings (SSSR count). The minimum Gasteiger partial charge on any atom is -0.322 e. The molecule has 3 amide bonds. The second kappa shape index (κ2) is 7.26. The van der Waals surface area contributed by atoms with Crippen LogP contribution in [-0.2, 0) is 16.1 Å². The number of halogens is 1. The van der Waals surface area contributed by atoms with Gasteiger partial charge >= 0.3 is 0 Å². The number of benzene rings is 1. The van der Waals surface area contributed by atoms with Crippen molar-refractivity contribution in [2.75, 3.05) is 0 Å². The van der Waals surface area contributed by atoms with Gasteiger partial charge in [-0.05, 0) is 31.0 Å². The fraction of sp³-hybridized carbons (Fsp3) is 0.389. The summed E-state index contributed by atoms with van der Waals surface area (Å²) in [4.78, 5) is 36.9. The van der Waals surface area contributed by atoms with Crippen LogP contribution in [0.3, 0.4) is 0 Å². The lowest BCUT2D eigenvalue weighted by Crippen LogP contribution is -2.52. The Morgan fingerprint density at radius 3 is 2.58 bits per heavy atom. The molecule has 1 unspecified atom stereocenters. The molecule has 5 nitrogen and oxygen atoms in total. The Morgan fingerprint density at radius 2 is 1.96 bits per heavy atom. The van der Waals surface area contributed by atoms with Crippen molar-refractivity contribution in [1.82, 2.24) is 10.2 Å². The molecule has 6 heteroatoms. The molecular weight excluding hydrogens is 311 g/mol. The second-order valence-electron chi connectivity index (χ2n) is 5.26. The van der Waals surface area contributed by atoms with Crippen LogP contribution in [-0.4, -0.2) is 28.7 Å². The predicted octanol–water partition coefficient (Wildman–Crippen LogP) is 1.98. The fourth-order valence-electron chi connectivity index (χ4n) is 2.82. The number of fused-ring (bicyclic) bond motifs is 1. The molecule has 24 heavy (non-hydrogen) atoms. The quantitative estimate of drug-likeness (QED) is 0.632. The van der Waals surface area contributed by atoms with Gasteiger partial charge in [-0.15, -0.1) is 5.92 Å². The number of hydrogen-bond donors (Lipinski definition) is 1. The van der Waals surface area contributed by atoms with Crippen molar-refractivity contribution in [3.63, 3.8) is 0 Å². The number of amides is 3. The van der Waals surface area contributed by atoms with E-state index in [1.165, 1.54) is 11.0 Å². The van der Waals surface area contributed by atoms with Crippen molar-refractivity contribution in [2.45, 2.75) is 46.2 Å². The molecule has 2 heterocycles. The Balaban J connectivity index is 0.00000100. The van der Waals surface area contributed by atoms with Crippen LogP contribution in [0.25, 0.3) is 0 Å². The zero-order valence-corrected chi connectivity index (χ0v) is 13.9. The molecule has 0 saturated carbocycles. The molecule has 1 N–H and O–H groups in total. The summed E-state index contributed by atoms with van der Waals surface area (Å²) in [6, 6.07) is 2.02. The molecular formula is C18H19FN2O3. The molecule has 2 aliphatic heterocycles. The maximum atomic E-state index is 13.9. The van der Waals surface area contributed by atoms with E-state index in [1.54, 1.807) is 13.0 Å². The summed E-state index contributed by atoms with van der Waals surface area (Å²) < 4.78 is 13.9. The van der Waals surface area contributed by atoms with Crippen molar-refractivity contribution in [3.8, 4) is 11.8 Å². The van der Waals surface area contributed by atoms with Gasteiger partial charge in [0, 0.05) is 18.5 Å². The first-order chi connectivity index (χ1) is 11.5. The number of hydrogen-bond acceptors (Lipinski definition) is 3. The SMILES string of the molecule is CC.CC#Cc1cc2c(cc1F)C(=O)N(C1CCC(=O)NC1=O)C2. The van der Waals surface area contributed by atoms with E-state index >= 15 is 0 Å². The number of imide groups is 1. The van der Waals surface area contributed by atoms with Gasteiger partial charge in [-0.2, -0.15) is 0 Å². The van der Waals surface area contributed by atoms with Crippen molar-refractivity contribution < 1.29 is 18.8 Å². The van der Waals surface area contributed by atoms with Crippen LogP contribution in [0.15, 0.2) is 12.1 Å². The highest BCUT2D eigenvalue weighted by molar-refractivity contribution is 6.05. The van der Waals surface area contributed by atoms with Gasteiger partial charge in [-0.1, -0.05) is 19.8 Å². The molecule has 0 aromatic heterocycles. The molecule has 1 aromatic carbocycles. The van der Waals surface area contributed by atoms with Crippen LogP contribution in [0.5, 0.6) is 0 Å². The third-order valence-corrected chi connectivity index (χ3v) is 3.87. The largest absolute Gasteiger partial charge is 0.322 e. The van der Waals surface area contributed by atoms with E-state index in [0.717, 1.165) is 0 Å². The number of nitrogens with zero attached hydrogens (tertiary/aromatic N) is 1. The average Bonchev–Trinajstić information content (AvgIpc) is 2.86. The van der Waals surface area contributed by atoms with Crippen LogP contribution in [0, 0.1) is 17.7 Å². The van der Waals surface area contributed by atoms with E-state index in [0.29, 0.717) is 5.56 Å². The summed E-state index contributed by atoms with van der Waals surface area (Å²) in [6.07, 6.45) is 0.478. The standard InChI is InChI=1S/C16H13FN2O3.C2H6/c1-2-3-9-6-10-8-19(16(22)11(10)7-12(9)17)13-4-5-14(20)18-15(13)21;1-2/h6-7,13H,4-5,8H2,1H3,(H,18,20,21);1-2H3. The van der Waals surface area contributed by atoms with Gasteiger partial charge in [-0.3, -0.25) is 19.7 Å². The van der Waals surface area contributed by atoms with Crippen LogP contribution in [0.4, 0.5) is 4.39 Å². The van der Waals surface area contributed by atoms with Gasteiger partial charge < -0.3 is 4.90 Å². The number of rotatable bonds is 1. The van der Waals surface area contributed by atoms with Gasteiger partial charge in [0.15, 0.2) is 0 Å². The zero-order valence-electron chi connectivity index (χ0n) is 13.9. The molecule has 0 radical (unpaired) electrons. The number of carbonyl (C=O) groups excluding carboxylic acids is 3. The maximum absolute atomic E-state index is 13.9. The molecule has 1 aromatic rings. The van der Waals surface area contributed by atoms with Crippen molar-refractivity contribution in [3.05, 3.63) is 34.6 Å². The highest BCUT2D eigenvalue weighted by Gasteiger charge is 2.39. The highest BCUT2D eigenvalue weighted by Crippen LogP contribution is 2.29. The Morgan fingerprint density at radius 1 is 1.25 bits per heavy atom. The number of piperidine rings is 1. The summed E-state index contributed by atoms with van der Waals surface area (Å²) in [5.74, 6) is 3.52. The van der Waals surface area contributed by atoms with E-state index in [9.17, 15) is 18.8 Å². The van der Waals surface area contributed by atoms with Gasteiger partial charge in [0.25, 0.3) is 5.91 Å². The molecule has 0 spiro atoms. The Labute approximate surface area is 140 Å². The Kier molecular flexibility index (Phi) is 5.35. The molecule has 1 atom stereocenters. The van der Waals surface area contributed by atoms with E-state index in [4.69, 9.17) is 0 Å². The second-order valence-corrected chi connectivity index (χ2v) is 5.26. The molecule has 126 valence electrons. The first-order valence-electron chi connectivity index (χ1n) is 7.91. The Hall–Kier alpha value is -2.68. The molecule has 1 fully saturated rings. The highest BCUT2D eigenvalue weighted by atomic mass is 19.1. The lowest BCUT2D eigenvalue weighted by atomic mass is 10.0. The number of carbonyl (C=O) groups is 3. The van der Waals surface area contributed by atoms with Gasteiger partial charge in [0.2, 0.25) is 11.8 Å². The summed E-state index contributed by atoms with van der Waals surface area (Å²) >= 11 is 0. The van der Waals surface area contributed by atoms with Crippen LogP contribution in [0.1, 0.15) is 55.1 Å². The number of nitrogens with one attached hydrogen (secondary N) is 1. The van der Waals surface area contributed by atoms with E-state index in [2.05, 4.69) is 17.2 Å². The van der Waals surface area contributed by atoms with Crippen molar-refractivity contribution >= 4 is 17.7 Å². The normalized spacial score (nSPS) is 18.9. The first kappa shape index (κ1) is 17.7. The van der Waals surface area contributed by atoms with Gasteiger partial charge in [-0.25, -0.2) is 4.39 Å². The lowest BCUT2D eigenvalue weighted by molar-refractivity contribution is -0.136. The maximum Gasteiger partial charge on any atom is 0.255 e. The third kappa shape index (κ3) is 3.16. The van der Waals surface area contributed by atoms with Gasteiger partial charge in [0.05, 0.1) is 5.56 Å². The van der Waals surface area contributed by atoms with Gasteiger partial charge in [0.1, 0.15) is 11.9 Å². The smallest absolute Gasteiger partial charge is 0.255 e. The zero-order chi connectivity index (χ0) is 17.9. The topological polar surface area (TPSA) is 66.5 Å². The summed E-state index contributed by atoms with van der Waals surface area (Å²) in [6.45, 7) is 5.83. The minimum absolute atomic E-state index is 0.192. The summed E-state index contributed by atoms with van der Waals surface area (Å²) in [5, 5.41) is 2.23. The van der Waals surface area contributed by atoms with E-state index in [-0.39, 0.29) is 42.3 Å². The Bertz CT molecular complexity index is 762. The predicted molar refractivity (Wildman–Crippen MR) is 86.3 cm³/mol. The van der Waals surface area contributed by atoms with Crippen molar-refractivity contribution in [2.24, 2.45) is 0 Å². The lowest BCUT2D eigenvalue weighted by Gasteiger charge is -2.29. The average molecular weight is 330 g/mol. The summed E-state index contributed by atoms with van der Waals surface area (Å²) in [5.41, 5.74) is 1.14. The van der Waals surface area contributed by atoms with Crippen LogP contribution < -0.4 is 5.32 Å². The fourth-order valence-corrected chi connectivity index (χ4v) is 2.82. The molecule has 1 saturated heterocycles. The molecule has 2 aliphatic rings. The minimum atomic E-state index is -0.693. The molecule has 0 aliphatic carbocycles. The van der Waals surface area contributed by atoms with E-state index < -0.39 is 17.8 Å². The third-order valence-electron chi connectivity index (χ3n) is 3.87. The van der Waals surface area contributed by atoms with E-state index in [1.807, 2.05) is 13.8 Å². The van der Waals surface area contributed by atoms with Crippen LogP contribution >= 0.6 is 0 Å². The molecule has 0 bridgehead atoms. The summed E-state index contributed by atoms with van der Waals surface area (Å²) in [7, 11) is 0. The first-order valence-corrected chi connectivity index (χ1v) is 7.91. The van der Waals surface area contributed by atoms with Crippen LogP contribution in [0.2, 0.25) is 0 Å². The monoisotopic (exact) mass is 330 g/mol.